The molecule has 5 nitrogen and oxygen atoms in total. The Hall–Kier alpha value is -3.03. The Labute approximate surface area is 142 Å². The van der Waals surface area contributed by atoms with E-state index in [2.05, 4.69) is 9.73 Å². The fourth-order valence-corrected chi connectivity index (χ4v) is 2.34. The second-order valence-corrected chi connectivity index (χ2v) is 5.24. The quantitative estimate of drug-likeness (QED) is 0.640. The van der Waals surface area contributed by atoms with Crippen LogP contribution in [0.5, 0.6) is 5.75 Å². The highest BCUT2D eigenvalue weighted by atomic mass is 19.4. The molecule has 0 bridgehead atoms. The normalized spacial score (nSPS) is 12.3. The summed E-state index contributed by atoms with van der Waals surface area (Å²) in [7, 11) is 0. The molecule has 0 fully saturated rings. The lowest BCUT2D eigenvalue weighted by molar-refractivity contribution is -0.274. The summed E-state index contributed by atoms with van der Waals surface area (Å²) in [5.74, 6) is -2.04. The van der Waals surface area contributed by atoms with Gasteiger partial charge in [0.15, 0.2) is 5.96 Å². The fourth-order valence-electron chi connectivity index (χ4n) is 2.34. The van der Waals surface area contributed by atoms with Crippen molar-refractivity contribution in [3.63, 3.8) is 0 Å². The van der Waals surface area contributed by atoms with Gasteiger partial charge in [0, 0.05) is 0 Å². The van der Waals surface area contributed by atoms with Gasteiger partial charge in [-0.25, -0.2) is 0 Å². The Morgan fingerprint density at radius 2 is 1.76 bits per heavy atom. The number of rotatable bonds is 5. The Bertz CT molecular complexity index is 757. The van der Waals surface area contributed by atoms with Gasteiger partial charge in [-0.3, -0.25) is 4.79 Å². The average molecular weight is 351 g/mol. The zero-order valence-corrected chi connectivity index (χ0v) is 13.0. The van der Waals surface area contributed by atoms with Gasteiger partial charge in [0.25, 0.3) is 5.91 Å². The number of benzene rings is 2. The van der Waals surface area contributed by atoms with Crippen LogP contribution in [0.1, 0.15) is 17.0 Å². The molecule has 0 aromatic heterocycles. The van der Waals surface area contributed by atoms with Crippen molar-refractivity contribution in [2.75, 3.05) is 0 Å². The van der Waals surface area contributed by atoms with Crippen LogP contribution in [0, 0.1) is 0 Å². The van der Waals surface area contributed by atoms with Crippen LogP contribution in [0.2, 0.25) is 0 Å². The van der Waals surface area contributed by atoms with Crippen LogP contribution in [0.4, 0.5) is 13.2 Å². The maximum Gasteiger partial charge on any atom is 0.573 e. The van der Waals surface area contributed by atoms with Gasteiger partial charge in [0.2, 0.25) is 0 Å². The molecule has 0 heterocycles. The number of nitrogens with two attached hydrogens (primary N) is 2. The summed E-state index contributed by atoms with van der Waals surface area (Å²) in [4.78, 5) is 15.9. The van der Waals surface area contributed by atoms with Crippen molar-refractivity contribution < 1.29 is 22.7 Å². The van der Waals surface area contributed by atoms with Crippen molar-refractivity contribution in [1.82, 2.24) is 0 Å². The zero-order valence-electron chi connectivity index (χ0n) is 13.0. The van der Waals surface area contributed by atoms with Gasteiger partial charge in [-0.05, 0) is 29.7 Å². The van der Waals surface area contributed by atoms with Crippen molar-refractivity contribution in [2.24, 2.45) is 16.5 Å². The van der Waals surface area contributed by atoms with E-state index in [0.717, 1.165) is 0 Å². The summed E-state index contributed by atoms with van der Waals surface area (Å²) >= 11 is 0. The van der Waals surface area contributed by atoms with E-state index in [0.29, 0.717) is 11.1 Å². The molecule has 0 radical (unpaired) electrons. The van der Waals surface area contributed by atoms with Crippen molar-refractivity contribution >= 4 is 11.9 Å². The minimum Gasteiger partial charge on any atom is -0.406 e. The number of hydrogen-bond donors (Lipinski definition) is 2. The molecule has 4 N–H and O–H groups in total. The van der Waals surface area contributed by atoms with Crippen LogP contribution in [0.25, 0.3) is 0 Å². The minimum atomic E-state index is -4.79. The predicted molar refractivity (Wildman–Crippen MR) is 86.8 cm³/mol. The Morgan fingerprint density at radius 1 is 1.08 bits per heavy atom. The van der Waals surface area contributed by atoms with E-state index in [1.54, 1.807) is 36.4 Å². The lowest BCUT2D eigenvalue weighted by Crippen LogP contribution is -2.26. The van der Waals surface area contributed by atoms with Crippen LogP contribution in [-0.2, 0) is 11.2 Å². The second kappa shape index (κ2) is 7.69. The number of guanidine groups is 1. The van der Waals surface area contributed by atoms with Gasteiger partial charge < -0.3 is 16.2 Å². The van der Waals surface area contributed by atoms with E-state index in [1.807, 2.05) is 0 Å². The third kappa shape index (κ3) is 5.83. The molecular weight excluding hydrogens is 335 g/mol. The highest BCUT2D eigenvalue weighted by Crippen LogP contribution is 2.27. The number of aliphatic imine (C=N–C) groups is 1. The summed E-state index contributed by atoms with van der Waals surface area (Å²) in [6.45, 7) is 0. The second-order valence-electron chi connectivity index (χ2n) is 5.24. The smallest absolute Gasteiger partial charge is 0.406 e. The summed E-state index contributed by atoms with van der Waals surface area (Å²) < 4.78 is 41.0. The number of ether oxygens (including phenoxy) is 1. The molecule has 25 heavy (non-hydrogen) atoms. The van der Waals surface area contributed by atoms with Gasteiger partial charge in [0.05, 0.1) is 5.92 Å². The molecular formula is C17H16F3N3O2. The third-order valence-electron chi connectivity index (χ3n) is 3.31. The van der Waals surface area contributed by atoms with E-state index >= 15 is 0 Å². The van der Waals surface area contributed by atoms with Crippen LogP contribution < -0.4 is 16.2 Å². The lowest BCUT2D eigenvalue weighted by atomic mass is 9.91. The molecule has 0 spiro atoms. The first-order valence-electron chi connectivity index (χ1n) is 7.28. The van der Waals surface area contributed by atoms with Crippen LogP contribution in [-0.4, -0.2) is 18.2 Å². The summed E-state index contributed by atoms with van der Waals surface area (Å²) in [5, 5.41) is 0. The highest BCUT2D eigenvalue weighted by molar-refractivity contribution is 5.95. The summed E-state index contributed by atoms with van der Waals surface area (Å²) in [6, 6.07) is 14.2. The van der Waals surface area contributed by atoms with Crippen molar-refractivity contribution in [1.29, 1.82) is 0 Å². The first-order chi connectivity index (χ1) is 11.7. The predicted octanol–water partition coefficient (Wildman–Crippen LogP) is 2.71. The van der Waals surface area contributed by atoms with Crippen LogP contribution >= 0.6 is 0 Å². The Kier molecular flexibility index (Phi) is 5.63. The van der Waals surface area contributed by atoms with E-state index in [1.165, 1.54) is 18.2 Å². The SMILES string of the molecule is NC(N)=NC(=O)C(Cc1cccc(OC(F)(F)F)c1)c1ccccc1. The van der Waals surface area contributed by atoms with Crippen molar-refractivity contribution in [2.45, 2.75) is 18.7 Å². The summed E-state index contributed by atoms with van der Waals surface area (Å²) in [6.07, 6.45) is -4.67. The van der Waals surface area contributed by atoms with E-state index < -0.39 is 18.2 Å². The average Bonchev–Trinajstić information content (AvgIpc) is 2.51. The highest BCUT2D eigenvalue weighted by Gasteiger charge is 2.31. The fraction of sp³-hybridized carbons (Fsp3) is 0.176. The van der Waals surface area contributed by atoms with Crippen LogP contribution in [0.15, 0.2) is 59.6 Å². The number of alkyl halides is 3. The number of hydrogen-bond acceptors (Lipinski definition) is 2. The molecule has 1 atom stereocenters. The standard InChI is InChI=1S/C17H16F3N3O2/c18-17(19,20)25-13-8-4-5-11(9-13)10-14(15(24)23-16(21)22)12-6-2-1-3-7-12/h1-9,14H,10H2,(H4,21,22,23,24). The topological polar surface area (TPSA) is 90.7 Å². The summed E-state index contributed by atoms with van der Waals surface area (Å²) in [5.41, 5.74) is 11.6. The molecule has 0 aliphatic carbocycles. The number of nitrogens with zero attached hydrogens (tertiary/aromatic N) is 1. The number of amides is 1. The number of halogens is 3. The molecule has 132 valence electrons. The molecule has 0 saturated heterocycles. The largest absolute Gasteiger partial charge is 0.573 e. The van der Waals surface area contributed by atoms with E-state index in [-0.39, 0.29) is 18.1 Å². The molecule has 2 rings (SSSR count). The number of carbonyl (C=O) groups is 1. The van der Waals surface area contributed by atoms with E-state index in [9.17, 15) is 18.0 Å². The first kappa shape index (κ1) is 18.3. The minimum absolute atomic E-state index is 0.120. The molecule has 2 aromatic rings. The molecule has 8 heteroatoms. The number of carbonyl (C=O) groups excluding carboxylic acids is 1. The van der Waals surface area contributed by atoms with Gasteiger partial charge in [0.1, 0.15) is 5.75 Å². The van der Waals surface area contributed by atoms with Gasteiger partial charge in [-0.1, -0.05) is 42.5 Å². The maximum atomic E-state index is 12.4. The molecule has 2 aromatic carbocycles. The van der Waals surface area contributed by atoms with Gasteiger partial charge >= 0.3 is 6.36 Å². The van der Waals surface area contributed by atoms with Gasteiger partial charge in [-0.2, -0.15) is 4.99 Å². The third-order valence-corrected chi connectivity index (χ3v) is 3.31. The zero-order chi connectivity index (χ0) is 18.4. The molecule has 0 aliphatic heterocycles. The Morgan fingerprint density at radius 3 is 2.36 bits per heavy atom. The maximum absolute atomic E-state index is 12.4. The Balaban J connectivity index is 2.29. The van der Waals surface area contributed by atoms with Gasteiger partial charge in [-0.15, -0.1) is 13.2 Å². The van der Waals surface area contributed by atoms with Crippen molar-refractivity contribution in [3.05, 3.63) is 65.7 Å². The molecule has 0 saturated carbocycles. The van der Waals surface area contributed by atoms with Crippen molar-refractivity contribution in [3.8, 4) is 5.75 Å². The molecule has 1 unspecified atom stereocenters. The molecule has 0 aliphatic rings. The first-order valence-corrected chi connectivity index (χ1v) is 7.28. The lowest BCUT2D eigenvalue weighted by Gasteiger charge is -2.15. The van der Waals surface area contributed by atoms with E-state index in [4.69, 9.17) is 11.5 Å². The molecule has 1 amide bonds. The monoisotopic (exact) mass is 351 g/mol. The van der Waals surface area contributed by atoms with Crippen LogP contribution in [0.3, 0.4) is 0 Å².